The van der Waals surface area contributed by atoms with Crippen LogP contribution in [0.15, 0.2) is 65.4 Å². The van der Waals surface area contributed by atoms with Crippen molar-refractivity contribution in [3.8, 4) is 0 Å². The Morgan fingerprint density at radius 1 is 1.22 bits per heavy atom. The van der Waals surface area contributed by atoms with Crippen molar-refractivity contribution in [2.45, 2.75) is 12.2 Å². The van der Waals surface area contributed by atoms with Gasteiger partial charge in [-0.1, -0.05) is 12.1 Å². The number of alkyl halides is 2. The molecule has 7 nitrogen and oxygen atoms in total. The van der Waals surface area contributed by atoms with Gasteiger partial charge in [0.25, 0.3) is 5.91 Å². The third-order valence-electron chi connectivity index (χ3n) is 4.64. The zero-order valence-corrected chi connectivity index (χ0v) is 19.4. The Kier molecular flexibility index (Phi) is 6.04. The van der Waals surface area contributed by atoms with Gasteiger partial charge >= 0.3 is 13.3 Å². The third-order valence-corrected chi connectivity index (χ3v) is 8.08. The topological polar surface area (TPSA) is 104 Å². The van der Waals surface area contributed by atoms with Crippen LogP contribution in [0.4, 0.5) is 14.5 Å². The van der Waals surface area contributed by atoms with Gasteiger partial charge in [0.1, 0.15) is 4.88 Å². The summed E-state index contributed by atoms with van der Waals surface area (Å²) in [4.78, 5) is 29.9. The number of thiophene rings is 1. The molecule has 0 fully saturated rings. The molecule has 166 valence electrons. The second-order valence-electron chi connectivity index (χ2n) is 6.90. The SMILES string of the molecule is O=C(Nc1ccc(Cn2cccn2)cc1)c1ccc2sc(C(F)(F)P(=O)(O)O)c(Br)c2c1. The number of amides is 1. The number of fused-ring (bicyclic) bond motifs is 1. The first-order valence-electron chi connectivity index (χ1n) is 9.10. The van der Waals surface area contributed by atoms with Gasteiger partial charge in [-0.3, -0.25) is 14.0 Å². The summed E-state index contributed by atoms with van der Waals surface area (Å²) < 4.78 is 41.6. The monoisotopic (exact) mass is 541 g/mol. The van der Waals surface area contributed by atoms with E-state index in [-0.39, 0.29) is 15.4 Å². The number of carbonyl (C=O) groups excluding carboxylic acids is 1. The van der Waals surface area contributed by atoms with Gasteiger partial charge in [-0.2, -0.15) is 13.9 Å². The number of nitrogens with one attached hydrogen (secondary N) is 1. The van der Waals surface area contributed by atoms with E-state index in [1.54, 1.807) is 23.0 Å². The molecule has 2 heterocycles. The van der Waals surface area contributed by atoms with Crippen LogP contribution in [0.2, 0.25) is 0 Å². The van der Waals surface area contributed by atoms with Crippen LogP contribution < -0.4 is 5.32 Å². The van der Waals surface area contributed by atoms with Crippen molar-refractivity contribution >= 4 is 56.5 Å². The Hall–Kier alpha value is -2.43. The van der Waals surface area contributed by atoms with Crippen molar-refractivity contribution in [1.29, 1.82) is 0 Å². The predicted molar refractivity (Wildman–Crippen MR) is 121 cm³/mol. The Balaban J connectivity index is 1.55. The molecule has 3 N–H and O–H groups in total. The van der Waals surface area contributed by atoms with Crippen LogP contribution >= 0.6 is 34.9 Å². The second-order valence-corrected chi connectivity index (χ2v) is 10.4. The van der Waals surface area contributed by atoms with Gasteiger partial charge in [-0.15, -0.1) is 11.3 Å². The molecule has 0 radical (unpaired) electrons. The van der Waals surface area contributed by atoms with Gasteiger partial charge in [0.2, 0.25) is 0 Å². The van der Waals surface area contributed by atoms with E-state index in [0.717, 1.165) is 5.56 Å². The normalized spacial score (nSPS) is 12.3. The van der Waals surface area contributed by atoms with Crippen LogP contribution in [0.5, 0.6) is 0 Å². The lowest BCUT2D eigenvalue weighted by Gasteiger charge is -2.16. The van der Waals surface area contributed by atoms with Crippen molar-refractivity contribution in [1.82, 2.24) is 9.78 Å². The molecule has 4 aromatic rings. The predicted octanol–water partition coefficient (Wildman–Crippen LogP) is 5.39. The molecule has 2 aromatic heterocycles. The number of nitrogens with zero attached hydrogens (tertiary/aromatic N) is 2. The molecule has 12 heteroatoms. The minimum Gasteiger partial charge on any atom is -0.322 e. The molecule has 0 aliphatic heterocycles. The summed E-state index contributed by atoms with van der Waals surface area (Å²) in [5.74, 6) is -0.451. The van der Waals surface area contributed by atoms with E-state index >= 15 is 0 Å². The van der Waals surface area contributed by atoms with Gasteiger partial charge in [0.15, 0.2) is 0 Å². The van der Waals surface area contributed by atoms with Gasteiger partial charge in [-0.05, 0) is 57.9 Å². The molecular weight excluding hydrogens is 527 g/mol. The smallest absolute Gasteiger partial charge is 0.322 e. The Bertz CT molecular complexity index is 1340. The highest BCUT2D eigenvalue weighted by Crippen LogP contribution is 2.62. The van der Waals surface area contributed by atoms with Crippen LogP contribution in [-0.2, 0) is 16.8 Å². The maximum absolute atomic E-state index is 14.2. The molecule has 0 unspecified atom stereocenters. The fraction of sp³-hybridized carbons (Fsp3) is 0.100. The van der Waals surface area contributed by atoms with Crippen molar-refractivity contribution in [3.63, 3.8) is 0 Å². The van der Waals surface area contributed by atoms with Crippen LogP contribution in [0.3, 0.4) is 0 Å². The van der Waals surface area contributed by atoms with Crippen LogP contribution in [0.1, 0.15) is 20.8 Å². The van der Waals surface area contributed by atoms with E-state index in [0.29, 0.717) is 28.3 Å². The minimum atomic E-state index is -5.71. The Morgan fingerprint density at radius 3 is 2.56 bits per heavy atom. The number of rotatable bonds is 6. The fourth-order valence-corrected chi connectivity index (χ4v) is 5.94. The van der Waals surface area contributed by atoms with E-state index in [2.05, 4.69) is 26.3 Å². The van der Waals surface area contributed by atoms with Crippen LogP contribution in [0, 0.1) is 0 Å². The summed E-state index contributed by atoms with van der Waals surface area (Å²) >= 11 is 3.57. The van der Waals surface area contributed by atoms with Crippen molar-refractivity contribution in [2.75, 3.05) is 5.32 Å². The number of hydrogen-bond donors (Lipinski definition) is 3. The number of benzene rings is 2. The minimum absolute atomic E-state index is 0.150. The summed E-state index contributed by atoms with van der Waals surface area (Å²) in [6.07, 6.45) is 3.53. The Morgan fingerprint density at radius 2 is 1.94 bits per heavy atom. The molecule has 0 aliphatic rings. The second kappa shape index (κ2) is 8.49. The van der Waals surface area contributed by atoms with Crippen molar-refractivity contribution in [2.24, 2.45) is 0 Å². The number of aromatic nitrogens is 2. The van der Waals surface area contributed by atoms with Gasteiger partial charge in [0.05, 0.1) is 6.54 Å². The van der Waals surface area contributed by atoms with E-state index in [1.807, 2.05) is 24.4 Å². The summed E-state index contributed by atoms with van der Waals surface area (Å²) in [5, 5.41) is 7.15. The maximum atomic E-state index is 14.2. The third kappa shape index (κ3) is 4.39. The highest BCUT2D eigenvalue weighted by atomic mass is 79.9. The molecule has 0 spiro atoms. The molecule has 0 bridgehead atoms. The molecule has 0 aliphatic carbocycles. The lowest BCUT2D eigenvalue weighted by atomic mass is 10.1. The Labute approximate surface area is 193 Å². The molecule has 1 amide bonds. The first-order valence-corrected chi connectivity index (χ1v) is 12.3. The molecule has 0 saturated carbocycles. The molecule has 0 atom stereocenters. The van der Waals surface area contributed by atoms with Crippen LogP contribution in [-0.4, -0.2) is 25.5 Å². The standard InChI is InChI=1S/C20H15BrF2N3O4PS/c21-17-15-10-13(4-7-16(15)32-18(17)20(22,23)31(28,29)30)19(27)25-14-5-2-12(3-6-14)11-26-9-1-8-24-26/h1-10H,11H2,(H,25,27)(H2,28,29,30). The van der Waals surface area contributed by atoms with Gasteiger partial charge in [-0.25, -0.2) is 0 Å². The first-order chi connectivity index (χ1) is 15.1. The average Bonchev–Trinajstić information content (AvgIpc) is 3.36. The summed E-state index contributed by atoms with van der Waals surface area (Å²) in [7, 11) is -5.71. The molecule has 2 aromatic carbocycles. The molecule has 4 rings (SSSR count). The lowest BCUT2D eigenvalue weighted by Crippen LogP contribution is -2.12. The molecular formula is C20H15BrF2N3O4PS. The molecule has 32 heavy (non-hydrogen) atoms. The quantitative estimate of drug-likeness (QED) is 0.284. The van der Waals surface area contributed by atoms with E-state index in [4.69, 9.17) is 9.79 Å². The fourth-order valence-electron chi connectivity index (χ4n) is 3.01. The van der Waals surface area contributed by atoms with Crippen LogP contribution in [0.25, 0.3) is 10.1 Å². The summed E-state index contributed by atoms with van der Waals surface area (Å²) in [6, 6.07) is 13.4. The van der Waals surface area contributed by atoms with E-state index in [1.165, 1.54) is 18.2 Å². The highest BCUT2D eigenvalue weighted by Gasteiger charge is 2.53. The van der Waals surface area contributed by atoms with E-state index in [9.17, 15) is 18.1 Å². The number of halogens is 3. The van der Waals surface area contributed by atoms with E-state index < -0.39 is 24.0 Å². The van der Waals surface area contributed by atoms with Crippen molar-refractivity contribution in [3.05, 3.63) is 81.4 Å². The number of carbonyl (C=O) groups is 1. The summed E-state index contributed by atoms with van der Waals surface area (Å²) in [5.41, 5.74) is -2.58. The largest absolute Gasteiger partial charge is 0.400 e. The van der Waals surface area contributed by atoms with Crippen molar-refractivity contribution < 1.29 is 27.9 Å². The maximum Gasteiger partial charge on any atom is 0.400 e. The zero-order valence-electron chi connectivity index (χ0n) is 16.1. The van der Waals surface area contributed by atoms with Gasteiger partial charge in [0, 0.05) is 38.2 Å². The first kappa shape index (κ1) is 22.8. The zero-order chi connectivity index (χ0) is 23.1. The summed E-state index contributed by atoms with van der Waals surface area (Å²) in [6.45, 7) is 0.589. The molecule has 0 saturated heterocycles. The lowest BCUT2D eigenvalue weighted by molar-refractivity contribution is 0.0595. The van der Waals surface area contributed by atoms with Gasteiger partial charge < -0.3 is 15.1 Å². The number of hydrogen-bond acceptors (Lipinski definition) is 4. The highest BCUT2D eigenvalue weighted by molar-refractivity contribution is 9.10. The average molecular weight is 542 g/mol. The number of anilines is 1.